The summed E-state index contributed by atoms with van der Waals surface area (Å²) in [6.07, 6.45) is 5.30. The number of amides is 2. The molecule has 2 amide bonds. The number of phenols is 2. The van der Waals surface area contributed by atoms with E-state index in [0.29, 0.717) is 30.5 Å². The summed E-state index contributed by atoms with van der Waals surface area (Å²) >= 11 is 0. The molecule has 3 aliphatic rings. The highest BCUT2D eigenvalue weighted by atomic mass is 16.3. The van der Waals surface area contributed by atoms with Gasteiger partial charge in [0, 0.05) is 6.54 Å². The molecule has 0 spiro atoms. The van der Waals surface area contributed by atoms with E-state index in [9.17, 15) is 19.8 Å². The van der Waals surface area contributed by atoms with Gasteiger partial charge in [0.2, 0.25) is 0 Å². The molecular formula is C35H31NO4. The van der Waals surface area contributed by atoms with Crippen molar-refractivity contribution in [3.63, 3.8) is 0 Å². The average molecular weight is 530 g/mol. The summed E-state index contributed by atoms with van der Waals surface area (Å²) in [6, 6.07) is 21.0. The lowest BCUT2D eigenvalue weighted by Gasteiger charge is -2.17. The first-order valence-corrected chi connectivity index (χ1v) is 13.2. The maximum absolute atomic E-state index is 12.8. The van der Waals surface area contributed by atoms with Gasteiger partial charge in [-0.15, -0.1) is 0 Å². The van der Waals surface area contributed by atoms with Gasteiger partial charge in [-0.05, 0) is 107 Å². The van der Waals surface area contributed by atoms with Crippen LogP contribution < -0.4 is 0 Å². The second-order valence-corrected chi connectivity index (χ2v) is 10.2. The van der Waals surface area contributed by atoms with Crippen molar-refractivity contribution in [2.24, 2.45) is 0 Å². The van der Waals surface area contributed by atoms with E-state index in [1.54, 1.807) is 48.5 Å². The van der Waals surface area contributed by atoms with Crippen LogP contribution in [0, 0.1) is 0 Å². The number of carbonyl (C=O) groups excluding carboxylic acids is 2. The minimum Gasteiger partial charge on any atom is -0.508 e. The molecule has 3 aromatic carbocycles. The maximum atomic E-state index is 12.8. The lowest BCUT2D eigenvalue weighted by atomic mass is 9.90. The van der Waals surface area contributed by atoms with Crippen molar-refractivity contribution in [2.75, 3.05) is 6.54 Å². The van der Waals surface area contributed by atoms with Gasteiger partial charge in [-0.2, -0.15) is 0 Å². The number of hydrogen-bond donors (Lipinski definition) is 2. The van der Waals surface area contributed by atoms with Crippen molar-refractivity contribution in [1.82, 2.24) is 4.90 Å². The lowest BCUT2D eigenvalue weighted by Crippen LogP contribution is -2.30. The van der Waals surface area contributed by atoms with Crippen LogP contribution in [0.4, 0.5) is 0 Å². The summed E-state index contributed by atoms with van der Waals surface area (Å²) in [4.78, 5) is 26.9. The number of carbonyl (C=O) groups is 2. The summed E-state index contributed by atoms with van der Waals surface area (Å²) in [7, 11) is 0. The zero-order valence-corrected chi connectivity index (χ0v) is 22.3. The number of rotatable bonds is 7. The summed E-state index contributed by atoms with van der Waals surface area (Å²) in [5.41, 5.74) is 9.51. The first-order valence-electron chi connectivity index (χ1n) is 13.2. The molecule has 2 saturated carbocycles. The third kappa shape index (κ3) is 5.89. The average Bonchev–Trinajstić information content (AvgIpc) is 3.82. The Morgan fingerprint density at radius 1 is 0.725 bits per heavy atom. The van der Waals surface area contributed by atoms with Crippen LogP contribution in [0.5, 0.6) is 11.5 Å². The number of benzene rings is 3. The summed E-state index contributed by atoms with van der Waals surface area (Å²) in [6.45, 7) is 11.7. The molecule has 0 bridgehead atoms. The number of fused-ring (bicyclic) bond motifs is 1. The van der Waals surface area contributed by atoms with Crippen LogP contribution in [0.2, 0.25) is 0 Å². The first-order chi connectivity index (χ1) is 19.2. The number of phenolic OH excluding ortho intramolecular Hbond substituents is 2. The Morgan fingerprint density at radius 3 is 1.57 bits per heavy atom. The van der Waals surface area contributed by atoms with Gasteiger partial charge < -0.3 is 10.2 Å². The van der Waals surface area contributed by atoms with Gasteiger partial charge in [-0.1, -0.05) is 62.2 Å². The van der Waals surface area contributed by atoms with Crippen molar-refractivity contribution in [2.45, 2.75) is 25.7 Å². The maximum Gasteiger partial charge on any atom is 0.261 e. The molecule has 0 radical (unpaired) electrons. The Kier molecular flexibility index (Phi) is 7.39. The van der Waals surface area contributed by atoms with E-state index in [4.69, 9.17) is 0 Å². The molecule has 200 valence electrons. The molecule has 0 saturated heterocycles. The molecule has 40 heavy (non-hydrogen) atoms. The van der Waals surface area contributed by atoms with Crippen LogP contribution in [0.1, 0.15) is 57.5 Å². The predicted molar refractivity (Wildman–Crippen MR) is 158 cm³/mol. The van der Waals surface area contributed by atoms with E-state index < -0.39 is 0 Å². The second-order valence-electron chi connectivity index (χ2n) is 10.2. The summed E-state index contributed by atoms with van der Waals surface area (Å²) in [5.74, 6) is -0.135. The summed E-state index contributed by atoms with van der Waals surface area (Å²) in [5, 5.41) is 19.6. The van der Waals surface area contributed by atoms with Gasteiger partial charge in [0.1, 0.15) is 11.5 Å². The van der Waals surface area contributed by atoms with Crippen LogP contribution in [0.3, 0.4) is 0 Å². The smallest absolute Gasteiger partial charge is 0.261 e. The Bertz CT molecular complexity index is 1510. The van der Waals surface area contributed by atoms with Crippen molar-refractivity contribution in [1.29, 1.82) is 0 Å². The highest BCUT2D eigenvalue weighted by molar-refractivity contribution is 6.21. The number of hydrogen-bond acceptors (Lipinski definition) is 4. The third-order valence-electron chi connectivity index (χ3n) is 7.22. The fraction of sp³-hybridized carbons (Fsp3) is 0.143. The molecular weight excluding hydrogens is 498 g/mol. The number of imide groups is 1. The van der Waals surface area contributed by atoms with E-state index in [2.05, 4.69) is 25.8 Å². The molecule has 5 nitrogen and oxygen atoms in total. The Balaban J connectivity index is 0.000000582. The number of nitrogens with zero attached hydrogens (tertiary/aromatic N) is 1. The van der Waals surface area contributed by atoms with Gasteiger partial charge in [0.15, 0.2) is 0 Å². The Morgan fingerprint density at radius 2 is 1.18 bits per heavy atom. The van der Waals surface area contributed by atoms with E-state index in [1.807, 2.05) is 24.3 Å². The molecule has 6 rings (SSSR count). The fourth-order valence-corrected chi connectivity index (χ4v) is 4.70. The monoisotopic (exact) mass is 529 g/mol. The van der Waals surface area contributed by atoms with Crippen molar-refractivity contribution in [3.05, 3.63) is 149 Å². The minimum absolute atomic E-state index is 0.180. The Labute approximate surface area is 234 Å². The van der Waals surface area contributed by atoms with E-state index in [0.717, 1.165) is 40.7 Å². The fourth-order valence-electron chi connectivity index (χ4n) is 4.70. The molecule has 1 aliphatic heterocycles. The molecule has 2 N–H and O–H groups in total. The van der Waals surface area contributed by atoms with E-state index in [1.165, 1.54) is 21.6 Å². The van der Waals surface area contributed by atoms with E-state index in [-0.39, 0.29) is 23.3 Å². The van der Waals surface area contributed by atoms with Crippen molar-refractivity contribution in [3.8, 4) is 11.5 Å². The van der Waals surface area contributed by atoms with Gasteiger partial charge in [-0.25, -0.2) is 0 Å². The van der Waals surface area contributed by atoms with Crippen molar-refractivity contribution >= 4 is 17.4 Å². The Hall–Kier alpha value is -4.90. The minimum atomic E-state index is -0.248. The van der Waals surface area contributed by atoms with Crippen LogP contribution >= 0.6 is 0 Å². The molecule has 3 aromatic rings. The normalized spacial score (nSPS) is 16.1. The van der Waals surface area contributed by atoms with Crippen LogP contribution in [-0.4, -0.2) is 33.5 Å². The van der Waals surface area contributed by atoms with E-state index >= 15 is 0 Å². The van der Waals surface area contributed by atoms with Crippen molar-refractivity contribution < 1.29 is 19.8 Å². The van der Waals surface area contributed by atoms with Gasteiger partial charge >= 0.3 is 0 Å². The first kappa shape index (κ1) is 26.7. The topological polar surface area (TPSA) is 77.8 Å². The standard InChI is InChI=1S/C30H25NO4.C5H6/c1-19-17-23(19)18-22(5-4-16-31-29(34)26-6-2-3-7-27(26)30(31)35)28(20-8-12-24(32)13-9-20)21-10-14-25(33)15-11-21;1-4-3-5(4)2/h2-3,6-15,18,32-33H,1,4-5,16-17H2;1-3H2/b23-18+;. The number of aromatic hydroxyl groups is 2. The molecule has 2 fully saturated rings. The largest absolute Gasteiger partial charge is 0.508 e. The SMILES string of the molecule is C=C1C/C1=C\C(CCCN1C(=O)c2ccccc2C1=O)=C(c1ccc(O)cc1)c1ccc(O)cc1.C=C1CC1=C. The molecule has 0 unspecified atom stereocenters. The second kappa shape index (κ2) is 11.1. The highest BCUT2D eigenvalue weighted by Crippen LogP contribution is 2.39. The third-order valence-corrected chi connectivity index (χ3v) is 7.22. The zero-order valence-electron chi connectivity index (χ0n) is 22.3. The molecule has 0 aromatic heterocycles. The van der Waals surface area contributed by atoms with Crippen LogP contribution in [0.25, 0.3) is 5.57 Å². The summed E-state index contributed by atoms with van der Waals surface area (Å²) < 4.78 is 0. The van der Waals surface area contributed by atoms with Gasteiger partial charge in [0.25, 0.3) is 11.8 Å². The lowest BCUT2D eigenvalue weighted by molar-refractivity contribution is 0.0652. The highest BCUT2D eigenvalue weighted by Gasteiger charge is 2.34. The van der Waals surface area contributed by atoms with Gasteiger partial charge in [0.05, 0.1) is 11.1 Å². The van der Waals surface area contributed by atoms with Gasteiger partial charge in [-0.3, -0.25) is 14.5 Å². The molecule has 2 aliphatic carbocycles. The molecule has 1 heterocycles. The zero-order chi connectivity index (χ0) is 28.4. The predicted octanol–water partition coefficient (Wildman–Crippen LogP) is 7.36. The number of allylic oxidation sites excluding steroid dienone is 6. The molecule has 5 heteroatoms. The molecule has 0 atom stereocenters. The van der Waals surface area contributed by atoms with Crippen LogP contribution in [0.15, 0.2) is 126 Å². The quantitative estimate of drug-likeness (QED) is 0.313. The van der Waals surface area contributed by atoms with Crippen LogP contribution in [-0.2, 0) is 0 Å².